The minimum absolute atomic E-state index is 0.0259. The molecule has 9 heteroatoms. The molecule has 7 nitrogen and oxygen atoms in total. The van der Waals surface area contributed by atoms with Crippen molar-refractivity contribution in [2.45, 2.75) is 11.4 Å². The van der Waals surface area contributed by atoms with Crippen LogP contribution in [0.4, 0.5) is 0 Å². The number of nitrogens with zero attached hydrogens (tertiary/aromatic N) is 1. The van der Waals surface area contributed by atoms with Crippen molar-refractivity contribution in [1.29, 1.82) is 0 Å². The van der Waals surface area contributed by atoms with Crippen molar-refractivity contribution in [3.8, 4) is 0 Å². The Morgan fingerprint density at radius 2 is 1.70 bits per heavy atom. The average Bonchev–Trinajstić information content (AvgIpc) is 2.67. The summed E-state index contributed by atoms with van der Waals surface area (Å²) in [5, 5.41) is 0. The Morgan fingerprint density at radius 1 is 1.04 bits per heavy atom. The van der Waals surface area contributed by atoms with Gasteiger partial charge in [-0.3, -0.25) is 4.79 Å². The van der Waals surface area contributed by atoms with Gasteiger partial charge in [-0.2, -0.15) is 4.31 Å². The van der Waals surface area contributed by atoms with Crippen LogP contribution in [0.2, 0.25) is 0 Å². The Labute approximate surface area is 166 Å². The Hall–Kier alpha value is -2.23. The largest absolute Gasteiger partial charge is 0.468 e. The van der Waals surface area contributed by atoms with Gasteiger partial charge in [0.25, 0.3) is 0 Å². The monoisotopic (exact) mass is 455 g/mol. The maximum absolute atomic E-state index is 13.1. The lowest BCUT2D eigenvalue weighted by Gasteiger charge is -2.21. The highest BCUT2D eigenvalue weighted by Crippen LogP contribution is 2.25. The quantitative estimate of drug-likeness (QED) is 0.595. The molecule has 0 saturated carbocycles. The van der Waals surface area contributed by atoms with Crippen molar-refractivity contribution in [2.75, 3.05) is 20.8 Å². The van der Waals surface area contributed by atoms with E-state index >= 15 is 0 Å². The van der Waals surface area contributed by atoms with E-state index in [2.05, 4.69) is 25.4 Å². The molecular weight excluding hydrogens is 438 g/mol. The first-order valence-electron chi connectivity index (χ1n) is 7.78. The van der Waals surface area contributed by atoms with Crippen LogP contribution in [-0.2, 0) is 30.8 Å². The van der Waals surface area contributed by atoms with Crippen molar-refractivity contribution in [3.63, 3.8) is 0 Å². The van der Waals surface area contributed by atoms with Crippen LogP contribution in [0.1, 0.15) is 15.9 Å². The molecule has 0 atom stereocenters. The Bertz CT molecular complexity index is 930. The summed E-state index contributed by atoms with van der Waals surface area (Å²) in [7, 11) is -1.69. The number of hydrogen-bond donors (Lipinski definition) is 0. The molecule has 2 aromatic carbocycles. The van der Waals surface area contributed by atoms with Crippen LogP contribution < -0.4 is 0 Å². The number of ether oxygens (including phenoxy) is 2. The second-order valence-corrected chi connectivity index (χ2v) is 8.26. The van der Waals surface area contributed by atoms with Gasteiger partial charge in [0, 0.05) is 11.0 Å². The number of benzene rings is 2. The molecule has 0 N–H and O–H groups in total. The molecule has 2 aromatic rings. The predicted octanol–water partition coefficient (Wildman–Crippen LogP) is 2.60. The fourth-order valence-corrected chi connectivity index (χ4v) is 4.11. The van der Waals surface area contributed by atoms with E-state index in [-0.39, 0.29) is 17.0 Å². The lowest BCUT2D eigenvalue weighted by Crippen LogP contribution is -2.35. The third-order valence-electron chi connectivity index (χ3n) is 3.72. The summed E-state index contributed by atoms with van der Waals surface area (Å²) in [6.07, 6.45) is 0. The number of methoxy groups -OCH3 is 2. The van der Waals surface area contributed by atoms with Gasteiger partial charge in [-0.15, -0.1) is 0 Å². The molecule has 0 bridgehead atoms. The van der Waals surface area contributed by atoms with Gasteiger partial charge in [0.15, 0.2) is 0 Å². The maximum Gasteiger partial charge on any atom is 0.339 e. The molecule has 0 unspecified atom stereocenters. The van der Waals surface area contributed by atoms with Crippen molar-refractivity contribution >= 4 is 37.9 Å². The van der Waals surface area contributed by atoms with Crippen LogP contribution in [0.5, 0.6) is 0 Å². The molecule has 0 spiro atoms. The second kappa shape index (κ2) is 9.12. The van der Waals surface area contributed by atoms with E-state index in [0.717, 1.165) is 4.31 Å². The van der Waals surface area contributed by atoms with E-state index in [0.29, 0.717) is 10.0 Å². The van der Waals surface area contributed by atoms with Crippen molar-refractivity contribution < 1.29 is 27.5 Å². The molecule has 0 heterocycles. The normalized spacial score (nSPS) is 11.3. The van der Waals surface area contributed by atoms with Gasteiger partial charge >= 0.3 is 11.9 Å². The SMILES string of the molecule is COC(=O)CN(Cc1ccccc1)S(=O)(=O)c1ccc(Br)c(C(=O)OC)c1. The zero-order valence-electron chi connectivity index (χ0n) is 14.7. The van der Waals surface area contributed by atoms with Crippen LogP contribution in [0.3, 0.4) is 0 Å². The molecule has 0 amide bonds. The van der Waals surface area contributed by atoms with E-state index in [1.165, 1.54) is 32.4 Å². The smallest absolute Gasteiger partial charge is 0.339 e. The summed E-state index contributed by atoms with van der Waals surface area (Å²) in [6.45, 7) is -0.487. The van der Waals surface area contributed by atoms with E-state index in [1.54, 1.807) is 30.3 Å². The van der Waals surface area contributed by atoms with Gasteiger partial charge in [-0.1, -0.05) is 30.3 Å². The van der Waals surface area contributed by atoms with Crippen LogP contribution in [0.15, 0.2) is 57.9 Å². The standard InChI is InChI=1S/C18H18BrNO6S/c1-25-17(21)12-20(11-13-6-4-3-5-7-13)27(23,24)14-8-9-16(19)15(10-14)18(22)26-2/h3-10H,11-12H2,1-2H3. The van der Waals surface area contributed by atoms with Gasteiger partial charge in [0.05, 0.1) is 24.7 Å². The van der Waals surface area contributed by atoms with Gasteiger partial charge in [0.2, 0.25) is 10.0 Å². The van der Waals surface area contributed by atoms with Gasteiger partial charge in [-0.25, -0.2) is 13.2 Å². The number of halogens is 1. The Balaban J connectivity index is 2.46. The summed E-state index contributed by atoms with van der Waals surface area (Å²) in [5.41, 5.74) is 0.770. The highest BCUT2D eigenvalue weighted by molar-refractivity contribution is 9.10. The molecule has 0 aliphatic carbocycles. The van der Waals surface area contributed by atoms with E-state index < -0.39 is 28.5 Å². The topological polar surface area (TPSA) is 90.0 Å². The summed E-state index contributed by atoms with van der Waals surface area (Å²) in [4.78, 5) is 23.5. The lowest BCUT2D eigenvalue weighted by molar-refractivity contribution is -0.140. The number of esters is 2. The second-order valence-electron chi connectivity index (χ2n) is 5.47. The minimum atomic E-state index is -4.08. The highest BCUT2D eigenvalue weighted by Gasteiger charge is 2.28. The Morgan fingerprint density at radius 3 is 2.30 bits per heavy atom. The third kappa shape index (κ3) is 5.15. The fraction of sp³-hybridized carbons (Fsp3) is 0.222. The molecule has 27 heavy (non-hydrogen) atoms. The van der Waals surface area contributed by atoms with Gasteiger partial charge < -0.3 is 9.47 Å². The molecule has 2 rings (SSSR count). The lowest BCUT2D eigenvalue weighted by atomic mass is 10.2. The third-order valence-corrected chi connectivity index (χ3v) is 6.19. The molecule has 0 fully saturated rings. The van der Waals surface area contributed by atoms with Gasteiger partial charge in [-0.05, 0) is 39.7 Å². The first-order chi connectivity index (χ1) is 12.8. The first-order valence-corrected chi connectivity index (χ1v) is 10.0. The summed E-state index contributed by atoms with van der Waals surface area (Å²) < 4.78 is 36.9. The van der Waals surface area contributed by atoms with E-state index in [4.69, 9.17) is 0 Å². The number of sulfonamides is 1. The van der Waals surface area contributed by atoms with Crippen LogP contribution in [0, 0.1) is 0 Å². The van der Waals surface area contributed by atoms with Crippen LogP contribution >= 0.6 is 15.9 Å². The van der Waals surface area contributed by atoms with Gasteiger partial charge in [0.1, 0.15) is 6.54 Å². The summed E-state index contributed by atoms with van der Waals surface area (Å²) in [6, 6.07) is 12.8. The van der Waals surface area contributed by atoms with E-state index in [1.807, 2.05) is 0 Å². The minimum Gasteiger partial charge on any atom is -0.468 e. The van der Waals surface area contributed by atoms with E-state index in [9.17, 15) is 18.0 Å². The molecule has 144 valence electrons. The zero-order valence-corrected chi connectivity index (χ0v) is 17.1. The van der Waals surface area contributed by atoms with Crippen LogP contribution in [0.25, 0.3) is 0 Å². The number of hydrogen-bond acceptors (Lipinski definition) is 6. The molecule has 0 aliphatic heterocycles. The number of carbonyl (C=O) groups excluding carboxylic acids is 2. The molecule has 0 saturated heterocycles. The fourth-order valence-electron chi connectivity index (χ4n) is 2.30. The molecule has 0 aliphatic rings. The maximum atomic E-state index is 13.1. The summed E-state index contributed by atoms with van der Waals surface area (Å²) in [5.74, 6) is -1.37. The van der Waals surface area contributed by atoms with Crippen LogP contribution in [-0.4, -0.2) is 45.4 Å². The van der Waals surface area contributed by atoms with Crippen molar-refractivity contribution in [3.05, 3.63) is 64.1 Å². The molecule has 0 aromatic heterocycles. The zero-order chi connectivity index (χ0) is 20.0. The Kier molecular flexibility index (Phi) is 7.11. The van der Waals surface area contributed by atoms with Crippen molar-refractivity contribution in [1.82, 2.24) is 4.31 Å². The number of carbonyl (C=O) groups is 2. The first kappa shape index (κ1) is 21.1. The number of rotatable bonds is 7. The molecule has 0 radical (unpaired) electrons. The summed E-state index contributed by atoms with van der Waals surface area (Å²) >= 11 is 3.20. The average molecular weight is 456 g/mol. The predicted molar refractivity (Wildman–Crippen MR) is 102 cm³/mol. The highest BCUT2D eigenvalue weighted by atomic mass is 79.9. The van der Waals surface area contributed by atoms with Crippen molar-refractivity contribution in [2.24, 2.45) is 0 Å². The molecular formula is C18H18BrNO6S.